The van der Waals surface area contributed by atoms with Crippen LogP contribution in [0.4, 0.5) is 5.69 Å². The normalized spacial score (nSPS) is 11.9. The Morgan fingerprint density at radius 2 is 1.59 bits per heavy atom. The average Bonchev–Trinajstić information content (AvgIpc) is 2.74. The van der Waals surface area contributed by atoms with E-state index in [1.54, 1.807) is 30.3 Å². The fourth-order valence-corrected chi connectivity index (χ4v) is 3.11. The van der Waals surface area contributed by atoms with Crippen molar-refractivity contribution < 1.29 is 14.3 Å². The van der Waals surface area contributed by atoms with Crippen molar-refractivity contribution in [2.75, 3.05) is 5.32 Å². The first kappa shape index (κ1) is 18.4. The summed E-state index contributed by atoms with van der Waals surface area (Å²) in [5, 5.41) is 11.4. The van der Waals surface area contributed by atoms with E-state index in [1.165, 1.54) is 6.92 Å². The first-order valence-electron chi connectivity index (χ1n) is 9.01. The van der Waals surface area contributed by atoms with E-state index in [1.807, 2.05) is 36.4 Å². The van der Waals surface area contributed by atoms with Gasteiger partial charge < -0.3 is 10.1 Å². The highest BCUT2D eigenvalue weighted by Crippen LogP contribution is 2.23. The number of aromatic amines is 1. The third kappa shape index (κ3) is 3.58. The van der Waals surface area contributed by atoms with Gasteiger partial charge in [-0.05, 0) is 24.4 Å². The molecular formula is C22H17N3O4. The van der Waals surface area contributed by atoms with Gasteiger partial charge in [0.25, 0.3) is 11.5 Å². The van der Waals surface area contributed by atoms with Gasteiger partial charge in [0, 0.05) is 16.5 Å². The standard InChI is InChI=1S/C22H17N3O4/c1-13(20(26)23-18-12-6-8-14-7-2-3-9-15(14)18)29-22(28)19-16-10-4-5-11-17(16)21(27)25-24-19/h2-13H,1H3,(H,23,26)(H,25,27)/t13-/m0/s1. The molecule has 7 nitrogen and oxygen atoms in total. The number of amides is 1. The second-order valence-electron chi connectivity index (χ2n) is 6.51. The number of nitrogens with zero attached hydrogens (tertiary/aromatic N) is 1. The third-order valence-corrected chi connectivity index (χ3v) is 4.59. The Labute approximate surface area is 165 Å². The van der Waals surface area contributed by atoms with Gasteiger partial charge in [0.1, 0.15) is 0 Å². The zero-order chi connectivity index (χ0) is 20.4. The summed E-state index contributed by atoms with van der Waals surface area (Å²) >= 11 is 0. The summed E-state index contributed by atoms with van der Waals surface area (Å²) in [7, 11) is 0. The minimum Gasteiger partial charge on any atom is -0.448 e. The smallest absolute Gasteiger partial charge is 0.360 e. The van der Waals surface area contributed by atoms with E-state index in [4.69, 9.17) is 4.74 Å². The fourth-order valence-electron chi connectivity index (χ4n) is 3.11. The lowest BCUT2D eigenvalue weighted by atomic mass is 10.1. The molecule has 0 aliphatic carbocycles. The van der Waals surface area contributed by atoms with Crippen LogP contribution < -0.4 is 10.9 Å². The molecule has 4 aromatic rings. The Kier molecular flexibility index (Phi) is 4.78. The zero-order valence-corrected chi connectivity index (χ0v) is 15.5. The molecule has 0 spiro atoms. The number of fused-ring (bicyclic) bond motifs is 2. The molecule has 29 heavy (non-hydrogen) atoms. The Bertz CT molecular complexity index is 1290. The quantitative estimate of drug-likeness (QED) is 0.524. The second-order valence-corrected chi connectivity index (χ2v) is 6.51. The highest BCUT2D eigenvalue weighted by molar-refractivity contribution is 6.06. The molecule has 1 atom stereocenters. The van der Waals surface area contributed by atoms with Gasteiger partial charge >= 0.3 is 5.97 Å². The number of ether oxygens (including phenoxy) is 1. The van der Waals surface area contributed by atoms with Gasteiger partial charge in [-0.2, -0.15) is 5.10 Å². The average molecular weight is 387 g/mol. The molecule has 3 aromatic carbocycles. The highest BCUT2D eigenvalue weighted by Gasteiger charge is 2.22. The number of anilines is 1. The molecule has 0 saturated heterocycles. The number of esters is 1. The molecule has 0 unspecified atom stereocenters. The summed E-state index contributed by atoms with van der Waals surface area (Å²) < 4.78 is 5.29. The van der Waals surface area contributed by atoms with Crippen LogP contribution in [0.5, 0.6) is 0 Å². The van der Waals surface area contributed by atoms with Gasteiger partial charge in [0.15, 0.2) is 11.8 Å². The summed E-state index contributed by atoms with van der Waals surface area (Å²) in [6.07, 6.45) is -1.06. The number of hydrogen-bond donors (Lipinski definition) is 2. The molecular weight excluding hydrogens is 370 g/mol. The maximum atomic E-state index is 12.6. The van der Waals surface area contributed by atoms with Gasteiger partial charge in [-0.15, -0.1) is 0 Å². The maximum absolute atomic E-state index is 12.6. The first-order chi connectivity index (χ1) is 14.0. The van der Waals surface area contributed by atoms with Crippen molar-refractivity contribution in [3.8, 4) is 0 Å². The molecule has 0 saturated carbocycles. The molecule has 0 radical (unpaired) electrons. The van der Waals surface area contributed by atoms with Crippen LogP contribution in [-0.4, -0.2) is 28.2 Å². The van der Waals surface area contributed by atoms with E-state index in [0.717, 1.165) is 10.8 Å². The molecule has 1 heterocycles. The molecule has 0 aliphatic rings. The van der Waals surface area contributed by atoms with Crippen LogP contribution in [0.2, 0.25) is 0 Å². The molecule has 0 bridgehead atoms. The first-order valence-corrected chi connectivity index (χ1v) is 9.01. The van der Waals surface area contributed by atoms with Crippen molar-refractivity contribution in [3.05, 3.63) is 82.8 Å². The summed E-state index contributed by atoms with van der Waals surface area (Å²) in [4.78, 5) is 37.0. The second kappa shape index (κ2) is 7.55. The van der Waals surface area contributed by atoms with Gasteiger partial charge in [-0.3, -0.25) is 9.59 Å². The molecule has 0 aliphatic heterocycles. The van der Waals surface area contributed by atoms with Crippen molar-refractivity contribution in [2.24, 2.45) is 0 Å². The van der Waals surface area contributed by atoms with Gasteiger partial charge in [-0.25, -0.2) is 9.89 Å². The third-order valence-electron chi connectivity index (χ3n) is 4.59. The van der Waals surface area contributed by atoms with Crippen LogP contribution in [0.1, 0.15) is 17.4 Å². The van der Waals surface area contributed by atoms with Gasteiger partial charge in [0.05, 0.1) is 5.39 Å². The Morgan fingerprint density at radius 3 is 2.38 bits per heavy atom. The predicted molar refractivity (Wildman–Crippen MR) is 110 cm³/mol. The number of hydrogen-bond acceptors (Lipinski definition) is 5. The van der Waals surface area contributed by atoms with Crippen molar-refractivity contribution in [2.45, 2.75) is 13.0 Å². The SMILES string of the molecule is C[C@H](OC(=O)c1n[nH]c(=O)c2ccccc12)C(=O)Nc1cccc2ccccc12. The van der Waals surface area contributed by atoms with Crippen LogP contribution in [0.15, 0.2) is 71.5 Å². The van der Waals surface area contributed by atoms with E-state index >= 15 is 0 Å². The summed E-state index contributed by atoms with van der Waals surface area (Å²) in [6, 6.07) is 19.8. The van der Waals surface area contributed by atoms with Crippen LogP contribution >= 0.6 is 0 Å². The van der Waals surface area contributed by atoms with Gasteiger partial charge in [-0.1, -0.05) is 54.6 Å². The lowest BCUT2D eigenvalue weighted by molar-refractivity contribution is -0.123. The van der Waals surface area contributed by atoms with E-state index in [9.17, 15) is 14.4 Å². The van der Waals surface area contributed by atoms with E-state index < -0.39 is 23.5 Å². The number of H-pyrrole nitrogens is 1. The molecule has 2 N–H and O–H groups in total. The summed E-state index contributed by atoms with van der Waals surface area (Å²) in [6.45, 7) is 1.48. The Morgan fingerprint density at radius 1 is 0.931 bits per heavy atom. The van der Waals surface area contributed by atoms with Crippen LogP contribution in [0, 0.1) is 0 Å². The van der Waals surface area contributed by atoms with Crippen LogP contribution in [0.3, 0.4) is 0 Å². The van der Waals surface area contributed by atoms with Crippen LogP contribution in [0.25, 0.3) is 21.5 Å². The number of carbonyl (C=O) groups excluding carboxylic acids is 2. The minimum atomic E-state index is -1.06. The molecule has 144 valence electrons. The molecule has 4 rings (SSSR count). The minimum absolute atomic E-state index is 0.0509. The molecule has 1 aromatic heterocycles. The van der Waals surface area contributed by atoms with Gasteiger partial charge in [0.2, 0.25) is 0 Å². The lowest BCUT2D eigenvalue weighted by Crippen LogP contribution is -2.30. The Hall–Kier alpha value is -4.00. The summed E-state index contributed by atoms with van der Waals surface area (Å²) in [5.74, 6) is -1.26. The summed E-state index contributed by atoms with van der Waals surface area (Å²) in [5.41, 5.74) is 0.174. The lowest BCUT2D eigenvalue weighted by Gasteiger charge is -2.15. The fraction of sp³-hybridized carbons (Fsp3) is 0.0909. The van der Waals surface area contributed by atoms with E-state index in [-0.39, 0.29) is 5.69 Å². The predicted octanol–water partition coefficient (Wildman–Crippen LogP) is 3.26. The Balaban J connectivity index is 1.54. The van der Waals surface area contributed by atoms with Crippen LogP contribution in [-0.2, 0) is 9.53 Å². The molecule has 7 heteroatoms. The largest absolute Gasteiger partial charge is 0.448 e. The molecule has 0 fully saturated rings. The van der Waals surface area contributed by atoms with Crippen molar-refractivity contribution in [1.29, 1.82) is 0 Å². The van der Waals surface area contributed by atoms with Crippen molar-refractivity contribution >= 4 is 39.1 Å². The number of rotatable bonds is 4. The topological polar surface area (TPSA) is 101 Å². The van der Waals surface area contributed by atoms with E-state index in [0.29, 0.717) is 16.5 Å². The highest BCUT2D eigenvalue weighted by atomic mass is 16.5. The zero-order valence-electron chi connectivity index (χ0n) is 15.5. The number of benzene rings is 3. The monoisotopic (exact) mass is 387 g/mol. The number of aromatic nitrogens is 2. The number of nitrogens with one attached hydrogen (secondary N) is 2. The maximum Gasteiger partial charge on any atom is 0.360 e. The van der Waals surface area contributed by atoms with E-state index in [2.05, 4.69) is 15.5 Å². The number of carbonyl (C=O) groups is 2. The van der Waals surface area contributed by atoms with Crippen molar-refractivity contribution in [3.63, 3.8) is 0 Å². The molecule has 1 amide bonds. The van der Waals surface area contributed by atoms with Crippen molar-refractivity contribution in [1.82, 2.24) is 10.2 Å².